The average Bonchev–Trinajstić information content (AvgIpc) is 2.70. The summed E-state index contributed by atoms with van der Waals surface area (Å²) in [6.07, 6.45) is -5.23. The number of carbonyl (C=O) groups excluding carboxylic acids is 1. The number of nitrogens with zero attached hydrogens (tertiary/aromatic N) is 1. The number of benzene rings is 2. The van der Waals surface area contributed by atoms with Crippen molar-refractivity contribution < 1.29 is 34.9 Å². The fourth-order valence-electron chi connectivity index (χ4n) is 2.36. The van der Waals surface area contributed by atoms with E-state index in [1.54, 1.807) is 42.5 Å². The minimum atomic E-state index is -1.41. The third-order valence-corrected chi connectivity index (χ3v) is 3.86. The highest BCUT2D eigenvalue weighted by atomic mass is 16.6. The lowest BCUT2D eigenvalue weighted by Crippen LogP contribution is -2.52. The normalized spacial score (nSPS) is 24.4. The van der Waals surface area contributed by atoms with Crippen molar-refractivity contribution in [3.05, 3.63) is 75.8 Å². The number of ketones is 1. The number of aliphatic hydroxyl groups excluding tert-OH is 4. The highest BCUT2D eigenvalue weighted by molar-refractivity contribution is 6.11. The number of rotatable bonds is 3. The summed E-state index contributed by atoms with van der Waals surface area (Å²) in [5.74, 6) is -0.335. The molecule has 4 atom stereocenters. The maximum absolute atomic E-state index is 12.1. The largest absolute Gasteiger partial charge is 0.388 e. The number of hydrogen-bond acceptors (Lipinski definition) is 8. The number of nitro groups is 1. The molecule has 0 spiro atoms. The fraction of sp³-hybridized carbons (Fsp3) is 0.278. The second-order valence-electron chi connectivity index (χ2n) is 5.74. The third-order valence-electron chi connectivity index (χ3n) is 3.86. The van der Waals surface area contributed by atoms with Gasteiger partial charge < -0.3 is 25.2 Å². The highest BCUT2D eigenvalue weighted by Gasteiger charge is 2.36. The van der Waals surface area contributed by atoms with Gasteiger partial charge in [0.15, 0.2) is 12.1 Å². The molecule has 9 heteroatoms. The van der Waals surface area contributed by atoms with Gasteiger partial charge in [0.1, 0.15) is 23.9 Å². The second-order valence-corrected chi connectivity index (χ2v) is 5.74. The summed E-state index contributed by atoms with van der Waals surface area (Å²) in [5, 5.41) is 46.1. The van der Waals surface area contributed by atoms with E-state index in [0.717, 1.165) is 0 Å². The zero-order valence-corrected chi connectivity index (χ0v) is 14.1. The zero-order chi connectivity index (χ0) is 20.0. The van der Waals surface area contributed by atoms with Crippen LogP contribution in [0.25, 0.3) is 0 Å². The van der Waals surface area contributed by atoms with Gasteiger partial charge in [-0.15, -0.1) is 0 Å². The average molecular weight is 377 g/mol. The lowest BCUT2D eigenvalue weighted by Gasteiger charge is -2.31. The van der Waals surface area contributed by atoms with E-state index in [0.29, 0.717) is 5.56 Å². The Morgan fingerprint density at radius 1 is 0.963 bits per heavy atom. The topological polar surface area (TPSA) is 150 Å². The predicted octanol–water partition coefficient (Wildman–Crippen LogP) is 0.243. The quantitative estimate of drug-likeness (QED) is 0.337. The summed E-state index contributed by atoms with van der Waals surface area (Å²) in [6, 6.07) is 14.5. The van der Waals surface area contributed by atoms with Crippen molar-refractivity contribution in [1.82, 2.24) is 0 Å². The number of aliphatic hydroxyl groups is 4. The van der Waals surface area contributed by atoms with E-state index in [-0.39, 0.29) is 23.6 Å². The second kappa shape index (κ2) is 9.31. The maximum Gasteiger partial charge on any atom is 0.280 e. The van der Waals surface area contributed by atoms with E-state index < -0.39 is 29.5 Å². The summed E-state index contributed by atoms with van der Waals surface area (Å²) >= 11 is 0. The number of ether oxygens (including phenoxy) is 1. The Balaban J connectivity index is 0.000000223. The molecule has 3 rings (SSSR count). The lowest BCUT2D eigenvalue weighted by molar-refractivity contribution is -0.385. The summed E-state index contributed by atoms with van der Waals surface area (Å²) in [7, 11) is 0. The summed E-state index contributed by atoms with van der Waals surface area (Å²) < 4.78 is 4.47. The van der Waals surface area contributed by atoms with E-state index >= 15 is 0 Å². The molecule has 27 heavy (non-hydrogen) atoms. The monoisotopic (exact) mass is 377 g/mol. The van der Waals surface area contributed by atoms with Crippen LogP contribution in [0.5, 0.6) is 0 Å². The molecular weight excluding hydrogens is 358 g/mol. The number of nitro benzene ring substituents is 1. The predicted molar refractivity (Wildman–Crippen MR) is 93.0 cm³/mol. The minimum absolute atomic E-state index is 0.115. The SMILES string of the molecule is O=C(c1ccccc1)c1ccccc1[N+](=O)[O-].O[C@@H]1[C@@H](O)[C@H](O)OC[C@H]1O. The first-order chi connectivity index (χ1) is 12.8. The summed E-state index contributed by atoms with van der Waals surface area (Å²) in [4.78, 5) is 22.3. The first kappa shape index (κ1) is 20.6. The number of para-hydroxylation sites is 1. The summed E-state index contributed by atoms with van der Waals surface area (Å²) in [6.45, 7) is -0.153. The van der Waals surface area contributed by atoms with Crippen LogP contribution in [0, 0.1) is 10.1 Å². The van der Waals surface area contributed by atoms with Crippen LogP contribution >= 0.6 is 0 Å². The van der Waals surface area contributed by atoms with Crippen LogP contribution in [-0.4, -0.2) is 62.3 Å². The molecule has 2 aromatic carbocycles. The van der Waals surface area contributed by atoms with E-state index in [9.17, 15) is 14.9 Å². The molecule has 1 aliphatic rings. The van der Waals surface area contributed by atoms with Crippen molar-refractivity contribution in [2.45, 2.75) is 24.6 Å². The van der Waals surface area contributed by atoms with Crippen molar-refractivity contribution in [2.75, 3.05) is 6.61 Å². The van der Waals surface area contributed by atoms with Crippen LogP contribution in [0.2, 0.25) is 0 Å². The van der Waals surface area contributed by atoms with Crippen LogP contribution in [0.1, 0.15) is 15.9 Å². The van der Waals surface area contributed by atoms with Gasteiger partial charge in [0.05, 0.1) is 11.5 Å². The Labute approximate surface area is 154 Å². The number of hydrogen-bond donors (Lipinski definition) is 4. The lowest BCUT2D eigenvalue weighted by atomic mass is 10.0. The van der Waals surface area contributed by atoms with Crippen LogP contribution < -0.4 is 0 Å². The van der Waals surface area contributed by atoms with E-state index in [1.165, 1.54) is 12.1 Å². The molecule has 0 amide bonds. The molecule has 9 nitrogen and oxygen atoms in total. The van der Waals surface area contributed by atoms with Gasteiger partial charge in [0.2, 0.25) is 0 Å². The highest BCUT2D eigenvalue weighted by Crippen LogP contribution is 2.21. The minimum Gasteiger partial charge on any atom is -0.388 e. The molecule has 1 saturated heterocycles. The van der Waals surface area contributed by atoms with Gasteiger partial charge >= 0.3 is 0 Å². The molecule has 144 valence electrons. The van der Waals surface area contributed by atoms with E-state index in [4.69, 9.17) is 20.4 Å². The molecule has 2 aromatic rings. The van der Waals surface area contributed by atoms with Crippen molar-refractivity contribution in [3.63, 3.8) is 0 Å². The van der Waals surface area contributed by atoms with Crippen LogP contribution in [0.4, 0.5) is 5.69 Å². The zero-order valence-electron chi connectivity index (χ0n) is 14.1. The molecule has 0 radical (unpaired) electrons. The van der Waals surface area contributed by atoms with Gasteiger partial charge in [-0.05, 0) is 6.07 Å². The van der Waals surface area contributed by atoms with Crippen molar-refractivity contribution in [2.24, 2.45) is 0 Å². The molecule has 4 N–H and O–H groups in total. The Morgan fingerprint density at radius 2 is 1.56 bits per heavy atom. The third kappa shape index (κ3) is 5.16. The standard InChI is InChI=1S/C13H9NO3.C5H10O5/c15-13(10-6-2-1-3-7-10)11-8-4-5-9-12(11)14(16)17;6-2-1-10-5(9)4(8)3(2)7/h1-9H;2-9H,1H2/t;2-,3+,4-,5-/m.1/s1. The van der Waals surface area contributed by atoms with Crippen molar-refractivity contribution >= 4 is 11.5 Å². The van der Waals surface area contributed by atoms with Crippen molar-refractivity contribution in [1.29, 1.82) is 0 Å². The van der Waals surface area contributed by atoms with Crippen LogP contribution in [0.15, 0.2) is 54.6 Å². The van der Waals surface area contributed by atoms with Gasteiger partial charge in [0.25, 0.3) is 5.69 Å². The smallest absolute Gasteiger partial charge is 0.280 e. The van der Waals surface area contributed by atoms with Gasteiger partial charge in [-0.25, -0.2) is 0 Å². The van der Waals surface area contributed by atoms with Gasteiger partial charge in [0, 0.05) is 11.6 Å². The van der Waals surface area contributed by atoms with Crippen molar-refractivity contribution in [3.8, 4) is 0 Å². The molecule has 1 fully saturated rings. The van der Waals surface area contributed by atoms with Gasteiger partial charge in [-0.2, -0.15) is 0 Å². The van der Waals surface area contributed by atoms with E-state index in [2.05, 4.69) is 4.74 Å². The molecule has 0 saturated carbocycles. The van der Waals surface area contributed by atoms with Gasteiger partial charge in [-0.3, -0.25) is 14.9 Å². The Morgan fingerprint density at radius 3 is 2.15 bits per heavy atom. The summed E-state index contributed by atoms with van der Waals surface area (Å²) in [5.41, 5.74) is 0.395. The molecule has 0 unspecified atom stereocenters. The first-order valence-corrected chi connectivity index (χ1v) is 8.00. The Hall–Kier alpha value is -2.69. The number of carbonyl (C=O) groups is 1. The molecule has 1 heterocycles. The Kier molecular flexibility index (Phi) is 7.11. The van der Waals surface area contributed by atoms with Crippen LogP contribution in [0.3, 0.4) is 0 Å². The van der Waals surface area contributed by atoms with Gasteiger partial charge in [-0.1, -0.05) is 42.5 Å². The molecule has 0 bridgehead atoms. The molecule has 1 aliphatic heterocycles. The van der Waals surface area contributed by atoms with E-state index in [1.807, 2.05) is 0 Å². The Bertz CT molecular complexity index is 768. The first-order valence-electron chi connectivity index (χ1n) is 8.00. The molecule has 0 aromatic heterocycles. The fourth-order valence-corrected chi connectivity index (χ4v) is 2.36. The molecule has 0 aliphatic carbocycles. The maximum atomic E-state index is 12.1. The molecular formula is C18H19NO8. The van der Waals surface area contributed by atoms with Crippen LogP contribution in [-0.2, 0) is 4.74 Å².